The number of sulfonamides is 1. The molecule has 0 aliphatic carbocycles. The molecule has 7 heteroatoms. The average molecular weight is 569 g/mol. The van der Waals surface area contributed by atoms with E-state index in [1.165, 1.54) is 4.31 Å². The molecule has 6 aromatic rings. The number of H-pyrrole nitrogens is 1. The van der Waals surface area contributed by atoms with Crippen LogP contribution in [0.1, 0.15) is 0 Å². The number of nitrogens with zero attached hydrogens (tertiary/aromatic N) is 1. The van der Waals surface area contributed by atoms with E-state index in [1.54, 1.807) is 42.5 Å². The second kappa shape index (κ2) is 9.10. The predicted octanol–water partition coefficient (Wildman–Crippen LogP) is 7.98. The number of hydrogen-bond donors (Lipinski definition) is 2. The molecule has 0 atom stereocenters. The summed E-state index contributed by atoms with van der Waals surface area (Å²) in [5.41, 5.74) is 3.31. The zero-order chi connectivity index (χ0) is 25.6. The lowest BCUT2D eigenvalue weighted by molar-refractivity contribution is 0.481. The summed E-state index contributed by atoms with van der Waals surface area (Å²) >= 11 is 3.41. The molecule has 5 aromatic carbocycles. The smallest absolute Gasteiger partial charge is 0.268 e. The van der Waals surface area contributed by atoms with Crippen LogP contribution in [0.25, 0.3) is 32.9 Å². The van der Waals surface area contributed by atoms with Gasteiger partial charge in [-0.05, 0) is 42.5 Å². The van der Waals surface area contributed by atoms with Gasteiger partial charge in [0.25, 0.3) is 10.0 Å². The van der Waals surface area contributed by atoms with Crippen LogP contribution in [-0.2, 0) is 10.0 Å². The van der Waals surface area contributed by atoms with E-state index < -0.39 is 10.0 Å². The molecule has 0 amide bonds. The summed E-state index contributed by atoms with van der Waals surface area (Å²) in [6.07, 6.45) is 0. The number of nitrogens with one attached hydrogen (secondary N) is 1. The Kier molecular flexibility index (Phi) is 5.74. The molecule has 0 aliphatic rings. The van der Waals surface area contributed by atoms with Gasteiger partial charge in [-0.2, -0.15) is 0 Å². The zero-order valence-electron chi connectivity index (χ0n) is 19.5. The van der Waals surface area contributed by atoms with Crippen molar-refractivity contribution in [2.45, 2.75) is 4.90 Å². The molecule has 182 valence electrons. The summed E-state index contributed by atoms with van der Waals surface area (Å²) in [6.45, 7) is 0. The van der Waals surface area contributed by atoms with Crippen LogP contribution in [0.3, 0.4) is 0 Å². The van der Waals surface area contributed by atoms with Gasteiger partial charge >= 0.3 is 0 Å². The first-order valence-electron chi connectivity index (χ1n) is 11.6. The molecule has 37 heavy (non-hydrogen) atoms. The Morgan fingerprint density at radius 1 is 0.676 bits per heavy atom. The number of phenols is 1. The van der Waals surface area contributed by atoms with E-state index in [2.05, 4.69) is 20.9 Å². The standard InChI is InChI=1S/C30H21BrN2O3S/c31-21-14-16-22(17-15-21)37(35,36)33(27-18-19-28(34)24-11-5-4-10-23(24)27)30-25-12-6-7-13-26(25)32-29(30)20-8-2-1-3-9-20/h1-19,32,34H. The normalized spacial score (nSPS) is 11.7. The molecule has 0 aliphatic heterocycles. The summed E-state index contributed by atoms with van der Waals surface area (Å²) in [6, 6.07) is 34.4. The van der Waals surface area contributed by atoms with Crippen molar-refractivity contribution < 1.29 is 13.5 Å². The topological polar surface area (TPSA) is 73.4 Å². The molecule has 1 aromatic heterocycles. The molecule has 0 fully saturated rings. The number of phenolic OH excluding ortho intramolecular Hbond substituents is 1. The van der Waals surface area contributed by atoms with E-state index in [9.17, 15) is 13.5 Å². The highest BCUT2D eigenvalue weighted by Gasteiger charge is 2.33. The maximum Gasteiger partial charge on any atom is 0.268 e. The van der Waals surface area contributed by atoms with Crippen LogP contribution in [0, 0.1) is 0 Å². The van der Waals surface area contributed by atoms with Crippen molar-refractivity contribution in [1.29, 1.82) is 0 Å². The number of halogens is 1. The minimum absolute atomic E-state index is 0.0857. The average Bonchev–Trinajstić information content (AvgIpc) is 3.30. The van der Waals surface area contributed by atoms with Gasteiger partial charge in [-0.1, -0.05) is 88.7 Å². The highest BCUT2D eigenvalue weighted by molar-refractivity contribution is 9.10. The highest BCUT2D eigenvalue weighted by Crippen LogP contribution is 2.46. The molecule has 5 nitrogen and oxygen atoms in total. The molecule has 1 heterocycles. The monoisotopic (exact) mass is 568 g/mol. The first-order valence-corrected chi connectivity index (χ1v) is 13.9. The number of aromatic hydroxyl groups is 1. The summed E-state index contributed by atoms with van der Waals surface area (Å²) in [5, 5.41) is 12.5. The molecular weight excluding hydrogens is 548 g/mol. The van der Waals surface area contributed by atoms with Gasteiger partial charge in [0.15, 0.2) is 0 Å². The second-order valence-corrected chi connectivity index (χ2v) is 11.3. The molecule has 2 N–H and O–H groups in total. The largest absolute Gasteiger partial charge is 0.507 e. The Hall–Kier alpha value is -4.07. The van der Waals surface area contributed by atoms with Gasteiger partial charge < -0.3 is 10.1 Å². The Labute approximate surface area is 222 Å². The maximum atomic E-state index is 14.5. The number of hydrogen-bond acceptors (Lipinski definition) is 3. The Morgan fingerprint density at radius 3 is 2.03 bits per heavy atom. The van der Waals surface area contributed by atoms with Crippen molar-refractivity contribution in [3.63, 3.8) is 0 Å². The van der Waals surface area contributed by atoms with Gasteiger partial charge in [-0.3, -0.25) is 0 Å². The third-order valence-electron chi connectivity index (χ3n) is 6.39. The van der Waals surface area contributed by atoms with E-state index in [1.807, 2.05) is 72.8 Å². The van der Waals surface area contributed by atoms with Crippen molar-refractivity contribution in [1.82, 2.24) is 4.98 Å². The van der Waals surface area contributed by atoms with E-state index in [-0.39, 0.29) is 10.6 Å². The molecule has 0 unspecified atom stereocenters. The Bertz CT molecular complexity index is 1870. The molecule has 0 spiro atoms. The molecule has 0 bridgehead atoms. The summed E-state index contributed by atoms with van der Waals surface area (Å²) in [7, 11) is -4.11. The number of benzene rings is 5. The summed E-state index contributed by atoms with van der Waals surface area (Å²) in [4.78, 5) is 3.61. The lowest BCUT2D eigenvalue weighted by Crippen LogP contribution is -2.27. The van der Waals surface area contributed by atoms with Crippen molar-refractivity contribution in [2.24, 2.45) is 0 Å². The van der Waals surface area contributed by atoms with Crippen LogP contribution in [0.15, 0.2) is 125 Å². The van der Waals surface area contributed by atoms with E-state index in [0.29, 0.717) is 27.8 Å². The fourth-order valence-corrected chi connectivity index (χ4v) is 6.48. The minimum atomic E-state index is -4.11. The lowest BCUT2D eigenvalue weighted by atomic mass is 10.1. The van der Waals surface area contributed by atoms with Crippen LogP contribution in [-0.4, -0.2) is 18.5 Å². The quantitative estimate of drug-likeness (QED) is 0.221. The fourth-order valence-electron chi connectivity index (χ4n) is 4.68. The number of anilines is 2. The number of fused-ring (bicyclic) bond motifs is 2. The second-order valence-electron chi connectivity index (χ2n) is 8.63. The zero-order valence-corrected chi connectivity index (χ0v) is 21.9. The maximum absolute atomic E-state index is 14.5. The van der Waals surface area contributed by atoms with Gasteiger partial charge in [0.1, 0.15) is 5.75 Å². The number of para-hydroxylation sites is 1. The Balaban J connectivity index is 1.75. The number of aromatic amines is 1. The molecule has 0 saturated heterocycles. The van der Waals surface area contributed by atoms with Crippen LogP contribution in [0.2, 0.25) is 0 Å². The fraction of sp³-hybridized carbons (Fsp3) is 0. The molecular formula is C30H21BrN2O3S. The van der Waals surface area contributed by atoms with E-state index >= 15 is 0 Å². The minimum Gasteiger partial charge on any atom is -0.507 e. The van der Waals surface area contributed by atoms with E-state index in [0.717, 1.165) is 20.9 Å². The summed E-state index contributed by atoms with van der Waals surface area (Å²) < 4.78 is 31.2. The first kappa shape index (κ1) is 23.3. The third kappa shape index (κ3) is 3.97. The Morgan fingerprint density at radius 2 is 1.30 bits per heavy atom. The molecule has 6 rings (SSSR count). The van der Waals surface area contributed by atoms with E-state index in [4.69, 9.17) is 0 Å². The van der Waals surface area contributed by atoms with Crippen LogP contribution < -0.4 is 4.31 Å². The first-order chi connectivity index (χ1) is 17.9. The van der Waals surface area contributed by atoms with Gasteiger partial charge in [0.2, 0.25) is 0 Å². The van der Waals surface area contributed by atoms with Gasteiger partial charge in [0.05, 0.1) is 22.0 Å². The lowest BCUT2D eigenvalue weighted by Gasteiger charge is -2.27. The van der Waals surface area contributed by atoms with Crippen molar-refractivity contribution in [2.75, 3.05) is 4.31 Å². The third-order valence-corrected chi connectivity index (χ3v) is 8.65. The predicted molar refractivity (Wildman–Crippen MR) is 153 cm³/mol. The van der Waals surface area contributed by atoms with Crippen molar-refractivity contribution >= 4 is 59.0 Å². The highest BCUT2D eigenvalue weighted by atomic mass is 79.9. The van der Waals surface area contributed by atoms with Gasteiger partial charge in [0, 0.05) is 31.7 Å². The van der Waals surface area contributed by atoms with Crippen molar-refractivity contribution in [3.8, 4) is 17.0 Å². The number of aromatic nitrogens is 1. The van der Waals surface area contributed by atoms with Gasteiger partial charge in [-0.25, -0.2) is 12.7 Å². The summed E-state index contributed by atoms with van der Waals surface area (Å²) in [5.74, 6) is 0.0857. The molecule has 0 radical (unpaired) electrons. The van der Waals surface area contributed by atoms with Gasteiger partial charge in [-0.15, -0.1) is 0 Å². The van der Waals surface area contributed by atoms with Crippen LogP contribution >= 0.6 is 15.9 Å². The van der Waals surface area contributed by atoms with Crippen molar-refractivity contribution in [3.05, 3.63) is 120 Å². The molecule has 0 saturated carbocycles. The number of rotatable bonds is 5. The van der Waals surface area contributed by atoms with Crippen LogP contribution in [0.5, 0.6) is 5.75 Å². The van der Waals surface area contributed by atoms with Crippen LogP contribution in [0.4, 0.5) is 11.4 Å². The SMILES string of the molecule is O=S(=O)(c1ccc(Br)cc1)N(c1c(-c2ccccc2)[nH]c2ccccc12)c1ccc(O)c2ccccc12.